The van der Waals surface area contributed by atoms with Gasteiger partial charge in [-0.15, -0.1) is 0 Å². The number of fused-ring (bicyclic) bond motifs is 1. The van der Waals surface area contributed by atoms with Gasteiger partial charge in [-0.05, 0) is 32.0 Å². The third kappa shape index (κ3) is 3.30. The minimum Gasteiger partial charge on any atom is -0.489 e. The average Bonchev–Trinajstić information content (AvgIpc) is 2.87. The highest BCUT2D eigenvalue weighted by Gasteiger charge is 2.26. The van der Waals surface area contributed by atoms with E-state index in [9.17, 15) is 8.42 Å². The molecular formula is C15H19ClN2O3S. The van der Waals surface area contributed by atoms with Gasteiger partial charge in [-0.3, -0.25) is 0 Å². The molecule has 1 atom stereocenters. The first-order valence-electron chi connectivity index (χ1n) is 7.33. The van der Waals surface area contributed by atoms with Crippen molar-refractivity contribution in [1.29, 1.82) is 0 Å². The second-order valence-corrected chi connectivity index (χ2v) is 7.84. The molecule has 0 radical (unpaired) electrons. The molecule has 1 unspecified atom stereocenters. The number of hydrogen-bond donors (Lipinski definition) is 2. The summed E-state index contributed by atoms with van der Waals surface area (Å²) in [5.74, 6) is 0.606. The van der Waals surface area contributed by atoms with Crippen LogP contribution in [0.25, 0.3) is 0 Å². The Hall–Kier alpha value is -1.08. The molecule has 22 heavy (non-hydrogen) atoms. The second-order valence-electron chi connectivity index (χ2n) is 5.67. The molecule has 0 saturated carbocycles. The zero-order valence-corrected chi connectivity index (χ0v) is 13.9. The lowest BCUT2D eigenvalue weighted by molar-refractivity contribution is 0.255. The number of nitrogens with one attached hydrogen (secondary N) is 2. The van der Waals surface area contributed by atoms with Crippen molar-refractivity contribution >= 4 is 21.6 Å². The maximum absolute atomic E-state index is 12.5. The predicted octanol–water partition coefficient (Wildman–Crippen LogP) is 1.86. The molecule has 5 nitrogen and oxygen atoms in total. The Bertz CT molecular complexity index is 716. The SMILES string of the molecule is CC1Cc2cc(S(=O)(=O)NCC3=CCNCC3)cc(Cl)c2O1. The van der Waals surface area contributed by atoms with Crippen LogP contribution in [0.3, 0.4) is 0 Å². The van der Waals surface area contributed by atoms with E-state index in [0.29, 0.717) is 23.7 Å². The van der Waals surface area contributed by atoms with E-state index >= 15 is 0 Å². The van der Waals surface area contributed by atoms with Crippen LogP contribution in [0.5, 0.6) is 5.75 Å². The summed E-state index contributed by atoms with van der Waals surface area (Å²) in [6, 6.07) is 3.11. The summed E-state index contributed by atoms with van der Waals surface area (Å²) in [4.78, 5) is 0.198. The lowest BCUT2D eigenvalue weighted by atomic mass is 10.1. The van der Waals surface area contributed by atoms with Gasteiger partial charge in [0.25, 0.3) is 0 Å². The van der Waals surface area contributed by atoms with Crippen LogP contribution in [-0.2, 0) is 16.4 Å². The van der Waals surface area contributed by atoms with Crippen LogP contribution in [0.4, 0.5) is 0 Å². The lowest BCUT2D eigenvalue weighted by Crippen LogP contribution is -2.29. The number of sulfonamides is 1. The quantitative estimate of drug-likeness (QED) is 0.820. The zero-order chi connectivity index (χ0) is 15.7. The average molecular weight is 343 g/mol. The second kappa shape index (κ2) is 6.20. The van der Waals surface area contributed by atoms with Gasteiger partial charge < -0.3 is 10.1 Å². The topological polar surface area (TPSA) is 67.4 Å². The van der Waals surface area contributed by atoms with Gasteiger partial charge in [-0.2, -0.15) is 0 Å². The Morgan fingerprint density at radius 2 is 2.27 bits per heavy atom. The van der Waals surface area contributed by atoms with E-state index in [4.69, 9.17) is 16.3 Å². The van der Waals surface area contributed by atoms with E-state index in [1.54, 1.807) is 6.07 Å². The number of halogens is 1. The van der Waals surface area contributed by atoms with Gasteiger partial charge in [-0.25, -0.2) is 13.1 Å². The van der Waals surface area contributed by atoms with Gasteiger partial charge in [0, 0.05) is 25.1 Å². The van der Waals surface area contributed by atoms with Crippen molar-refractivity contribution in [2.24, 2.45) is 0 Å². The molecule has 0 aromatic heterocycles. The summed E-state index contributed by atoms with van der Waals surface area (Å²) < 4.78 is 33.2. The maximum atomic E-state index is 12.5. The first kappa shape index (κ1) is 15.8. The molecule has 0 bridgehead atoms. The molecule has 1 aromatic rings. The molecule has 0 fully saturated rings. The van der Waals surface area contributed by atoms with Crippen LogP contribution in [0.15, 0.2) is 28.7 Å². The van der Waals surface area contributed by atoms with E-state index < -0.39 is 10.0 Å². The fourth-order valence-corrected chi connectivity index (χ4v) is 4.18. The van der Waals surface area contributed by atoms with Crippen LogP contribution in [-0.4, -0.2) is 34.2 Å². The number of benzene rings is 1. The first-order chi connectivity index (χ1) is 10.5. The Labute approximate surface area is 135 Å². The lowest BCUT2D eigenvalue weighted by Gasteiger charge is -2.15. The molecule has 3 rings (SSSR count). The normalized spacial score (nSPS) is 21.2. The van der Waals surface area contributed by atoms with Crippen molar-refractivity contribution < 1.29 is 13.2 Å². The smallest absolute Gasteiger partial charge is 0.240 e. The molecule has 2 N–H and O–H groups in total. The Morgan fingerprint density at radius 3 is 3.00 bits per heavy atom. The van der Waals surface area contributed by atoms with Crippen molar-refractivity contribution in [3.05, 3.63) is 34.4 Å². The summed E-state index contributed by atoms with van der Waals surface area (Å²) in [7, 11) is -3.57. The van der Waals surface area contributed by atoms with Crippen molar-refractivity contribution in [3.63, 3.8) is 0 Å². The highest BCUT2D eigenvalue weighted by atomic mass is 35.5. The van der Waals surface area contributed by atoms with Crippen molar-refractivity contribution in [3.8, 4) is 5.75 Å². The summed E-state index contributed by atoms with van der Waals surface area (Å²) >= 11 is 6.16. The predicted molar refractivity (Wildman–Crippen MR) is 86.0 cm³/mol. The fraction of sp³-hybridized carbons (Fsp3) is 0.467. The molecule has 1 aromatic carbocycles. The van der Waals surface area contributed by atoms with Gasteiger partial charge in [0.2, 0.25) is 10.0 Å². The van der Waals surface area contributed by atoms with E-state index in [1.807, 2.05) is 13.0 Å². The monoisotopic (exact) mass is 342 g/mol. The van der Waals surface area contributed by atoms with Crippen molar-refractivity contribution in [2.75, 3.05) is 19.6 Å². The highest BCUT2D eigenvalue weighted by Crippen LogP contribution is 2.37. The summed E-state index contributed by atoms with van der Waals surface area (Å²) in [6.07, 6.45) is 3.59. The number of rotatable bonds is 4. The zero-order valence-electron chi connectivity index (χ0n) is 12.4. The molecule has 2 aliphatic rings. The fourth-order valence-electron chi connectivity index (χ4n) is 2.72. The Balaban J connectivity index is 1.79. The largest absolute Gasteiger partial charge is 0.489 e. The molecule has 120 valence electrons. The van der Waals surface area contributed by atoms with Gasteiger partial charge >= 0.3 is 0 Å². The third-order valence-corrected chi connectivity index (χ3v) is 5.54. The van der Waals surface area contributed by atoms with E-state index in [-0.39, 0.29) is 11.0 Å². The highest BCUT2D eigenvalue weighted by molar-refractivity contribution is 7.89. The van der Waals surface area contributed by atoms with Gasteiger partial charge in [0.15, 0.2) is 0 Å². The van der Waals surface area contributed by atoms with Crippen LogP contribution in [0, 0.1) is 0 Å². The van der Waals surface area contributed by atoms with Gasteiger partial charge in [0.05, 0.1) is 9.92 Å². The molecule has 2 heterocycles. The maximum Gasteiger partial charge on any atom is 0.240 e. The van der Waals surface area contributed by atoms with Crippen LogP contribution in [0.2, 0.25) is 5.02 Å². The third-order valence-electron chi connectivity index (χ3n) is 3.88. The van der Waals surface area contributed by atoms with Crippen molar-refractivity contribution in [2.45, 2.75) is 30.8 Å². The molecular weight excluding hydrogens is 324 g/mol. The van der Waals surface area contributed by atoms with E-state index in [1.165, 1.54) is 6.07 Å². The molecule has 7 heteroatoms. The van der Waals surface area contributed by atoms with Gasteiger partial charge in [-0.1, -0.05) is 23.3 Å². The van der Waals surface area contributed by atoms with Gasteiger partial charge in [0.1, 0.15) is 11.9 Å². The summed E-state index contributed by atoms with van der Waals surface area (Å²) in [6.45, 7) is 3.95. The minimum absolute atomic E-state index is 0.0262. The Morgan fingerprint density at radius 1 is 1.45 bits per heavy atom. The first-order valence-corrected chi connectivity index (χ1v) is 9.19. The molecule has 0 saturated heterocycles. The van der Waals surface area contributed by atoms with E-state index in [0.717, 1.165) is 30.6 Å². The Kier molecular flexibility index (Phi) is 4.45. The minimum atomic E-state index is -3.57. The van der Waals surface area contributed by atoms with Crippen molar-refractivity contribution in [1.82, 2.24) is 10.0 Å². The van der Waals surface area contributed by atoms with Crippen LogP contribution >= 0.6 is 11.6 Å². The molecule has 0 spiro atoms. The molecule has 0 aliphatic carbocycles. The van der Waals surface area contributed by atoms with E-state index in [2.05, 4.69) is 10.0 Å². The van der Waals surface area contributed by atoms with Crippen LogP contribution < -0.4 is 14.8 Å². The molecule has 0 amide bonds. The number of hydrogen-bond acceptors (Lipinski definition) is 4. The summed E-state index contributed by atoms with van der Waals surface area (Å²) in [5, 5.41) is 3.55. The standard InChI is InChI=1S/C15H19ClN2O3S/c1-10-6-12-7-13(8-14(16)15(12)21-10)22(19,20)18-9-11-2-4-17-5-3-11/h2,7-8,10,17-18H,3-6,9H2,1H3. The molecule has 2 aliphatic heterocycles. The van der Waals surface area contributed by atoms with Crippen LogP contribution in [0.1, 0.15) is 18.9 Å². The number of ether oxygens (including phenoxy) is 1. The summed E-state index contributed by atoms with van der Waals surface area (Å²) in [5.41, 5.74) is 1.95.